The third-order valence-electron chi connectivity index (χ3n) is 2.47. The van der Waals surface area contributed by atoms with E-state index in [1.54, 1.807) is 0 Å². The Morgan fingerprint density at radius 1 is 1.25 bits per heavy atom. The number of rotatable bonds is 3. The lowest BCUT2D eigenvalue weighted by Gasteiger charge is -2.26. The second-order valence-corrected chi connectivity index (χ2v) is 3.85. The Balaban J connectivity index is 2.17. The van der Waals surface area contributed by atoms with Crippen LogP contribution in [0.2, 0.25) is 0 Å². The molecule has 1 aromatic rings. The van der Waals surface area contributed by atoms with Crippen LogP contribution in [0.1, 0.15) is 11.8 Å². The predicted molar refractivity (Wildman–Crippen MR) is 62.2 cm³/mol. The molecule has 0 saturated heterocycles. The third kappa shape index (κ3) is 2.62. The molecule has 0 fully saturated rings. The lowest BCUT2D eigenvalue weighted by Crippen LogP contribution is -2.28. The van der Waals surface area contributed by atoms with Gasteiger partial charge in [0.1, 0.15) is 0 Å². The van der Waals surface area contributed by atoms with Crippen LogP contribution in [0.3, 0.4) is 0 Å². The van der Waals surface area contributed by atoms with E-state index in [4.69, 9.17) is 16.3 Å². The van der Waals surface area contributed by atoms with Crippen molar-refractivity contribution in [3.05, 3.63) is 48.0 Å². The zero-order valence-corrected chi connectivity index (χ0v) is 9.43. The Morgan fingerprint density at radius 3 is 2.44 bits per heavy atom. The summed E-state index contributed by atoms with van der Waals surface area (Å²) in [5.74, 6) is 0. The first-order valence-corrected chi connectivity index (χ1v) is 5.45. The van der Waals surface area contributed by atoms with Gasteiger partial charge >= 0.3 is 5.43 Å². The standard InChI is InChI=1S/C12H12ClNO2/c13-12(15)16-11(14-8-4-5-9-14)10-6-2-1-3-7-10/h1-7,11H,8-9H2. The predicted octanol–water partition coefficient (Wildman–Crippen LogP) is 2.93. The molecule has 0 aromatic heterocycles. The van der Waals surface area contributed by atoms with Gasteiger partial charge in [0.15, 0.2) is 6.23 Å². The minimum Gasteiger partial charge on any atom is -0.430 e. The molecule has 1 unspecified atom stereocenters. The van der Waals surface area contributed by atoms with Gasteiger partial charge in [-0.3, -0.25) is 4.90 Å². The molecule has 0 N–H and O–H groups in total. The van der Waals surface area contributed by atoms with Crippen LogP contribution in [0.5, 0.6) is 0 Å². The van der Waals surface area contributed by atoms with Crippen LogP contribution in [0.15, 0.2) is 42.5 Å². The zero-order valence-electron chi connectivity index (χ0n) is 8.67. The maximum atomic E-state index is 10.9. The molecule has 0 saturated carbocycles. The Kier molecular flexibility index (Phi) is 3.59. The van der Waals surface area contributed by atoms with Gasteiger partial charge in [-0.1, -0.05) is 42.5 Å². The summed E-state index contributed by atoms with van der Waals surface area (Å²) < 4.78 is 5.13. The summed E-state index contributed by atoms with van der Waals surface area (Å²) in [6.45, 7) is 1.54. The lowest BCUT2D eigenvalue weighted by molar-refractivity contribution is 0.0133. The monoisotopic (exact) mass is 237 g/mol. The van der Waals surface area contributed by atoms with Crippen LogP contribution < -0.4 is 0 Å². The molecule has 0 aliphatic carbocycles. The third-order valence-corrected chi connectivity index (χ3v) is 2.56. The summed E-state index contributed by atoms with van der Waals surface area (Å²) in [6, 6.07) is 9.58. The summed E-state index contributed by atoms with van der Waals surface area (Å²) in [5.41, 5.74) is 0.154. The molecule has 0 radical (unpaired) electrons. The molecule has 16 heavy (non-hydrogen) atoms. The topological polar surface area (TPSA) is 29.5 Å². The first kappa shape index (κ1) is 11.2. The number of nitrogens with zero attached hydrogens (tertiary/aromatic N) is 1. The van der Waals surface area contributed by atoms with Crippen molar-refractivity contribution in [3.8, 4) is 0 Å². The van der Waals surface area contributed by atoms with Crippen LogP contribution in [-0.2, 0) is 4.74 Å². The van der Waals surface area contributed by atoms with Gasteiger partial charge in [0, 0.05) is 30.3 Å². The molecule has 1 aliphatic rings. The number of carbonyl (C=O) groups is 1. The number of halogens is 1. The Labute approximate surface area is 99.3 Å². The Morgan fingerprint density at radius 2 is 1.88 bits per heavy atom. The van der Waals surface area contributed by atoms with Gasteiger partial charge < -0.3 is 4.74 Å². The molecule has 84 valence electrons. The number of hydrogen-bond donors (Lipinski definition) is 0. The minimum absolute atomic E-state index is 0.402. The van der Waals surface area contributed by atoms with E-state index in [2.05, 4.69) is 0 Å². The van der Waals surface area contributed by atoms with Gasteiger partial charge in [0.2, 0.25) is 0 Å². The van der Waals surface area contributed by atoms with Gasteiger partial charge in [-0.05, 0) is 0 Å². The summed E-state index contributed by atoms with van der Waals surface area (Å²) in [5, 5.41) is 0. The second-order valence-electron chi connectivity index (χ2n) is 3.54. The molecule has 1 atom stereocenters. The van der Waals surface area contributed by atoms with Crippen molar-refractivity contribution in [2.75, 3.05) is 13.1 Å². The van der Waals surface area contributed by atoms with Gasteiger partial charge in [-0.25, -0.2) is 4.79 Å². The smallest absolute Gasteiger partial charge is 0.405 e. The highest BCUT2D eigenvalue weighted by Gasteiger charge is 2.23. The van der Waals surface area contributed by atoms with Crippen LogP contribution in [0.4, 0.5) is 4.79 Å². The SMILES string of the molecule is O=C(Cl)OC(c1ccccc1)N1CC=CC1. The number of benzene rings is 1. The Bertz CT molecular complexity index is 383. The maximum absolute atomic E-state index is 10.9. The maximum Gasteiger partial charge on any atom is 0.405 e. The van der Waals surface area contributed by atoms with Crippen LogP contribution in [0, 0.1) is 0 Å². The van der Waals surface area contributed by atoms with Crippen LogP contribution in [-0.4, -0.2) is 23.4 Å². The van der Waals surface area contributed by atoms with E-state index >= 15 is 0 Å². The molecule has 0 bridgehead atoms. The quantitative estimate of drug-likeness (QED) is 0.598. The first-order chi connectivity index (χ1) is 7.77. The van der Waals surface area contributed by atoms with Crippen molar-refractivity contribution >= 4 is 17.0 Å². The molecule has 4 heteroatoms. The van der Waals surface area contributed by atoms with Gasteiger partial charge in [-0.2, -0.15) is 0 Å². The van der Waals surface area contributed by atoms with Crippen molar-refractivity contribution in [1.82, 2.24) is 4.90 Å². The molecular formula is C12H12ClNO2. The zero-order chi connectivity index (χ0) is 11.4. The number of hydrogen-bond acceptors (Lipinski definition) is 3. The normalized spacial score (nSPS) is 17.3. The first-order valence-electron chi connectivity index (χ1n) is 5.07. The molecule has 1 aliphatic heterocycles. The number of carbonyl (C=O) groups excluding carboxylic acids is 1. The molecule has 0 spiro atoms. The summed E-state index contributed by atoms with van der Waals surface area (Å²) in [7, 11) is 0. The summed E-state index contributed by atoms with van der Waals surface area (Å²) in [6.07, 6.45) is 3.68. The highest BCUT2D eigenvalue weighted by Crippen LogP contribution is 2.24. The average Bonchev–Trinajstić information content (AvgIpc) is 2.80. The summed E-state index contributed by atoms with van der Waals surface area (Å²) >= 11 is 5.29. The molecule has 1 heterocycles. The van der Waals surface area contributed by atoms with Crippen molar-refractivity contribution in [2.45, 2.75) is 6.23 Å². The van der Waals surface area contributed by atoms with E-state index in [9.17, 15) is 4.79 Å². The molecule has 0 amide bonds. The largest absolute Gasteiger partial charge is 0.430 e. The van der Waals surface area contributed by atoms with E-state index in [1.165, 1.54) is 0 Å². The second kappa shape index (κ2) is 5.14. The van der Waals surface area contributed by atoms with E-state index in [0.717, 1.165) is 18.7 Å². The van der Waals surface area contributed by atoms with Gasteiger partial charge in [0.05, 0.1) is 0 Å². The van der Waals surface area contributed by atoms with Crippen molar-refractivity contribution in [2.24, 2.45) is 0 Å². The fourth-order valence-electron chi connectivity index (χ4n) is 1.74. The van der Waals surface area contributed by atoms with Crippen molar-refractivity contribution < 1.29 is 9.53 Å². The lowest BCUT2D eigenvalue weighted by atomic mass is 10.2. The van der Waals surface area contributed by atoms with E-state index in [1.807, 2.05) is 47.4 Å². The molecule has 1 aromatic carbocycles. The van der Waals surface area contributed by atoms with E-state index in [0.29, 0.717) is 0 Å². The molecule has 2 rings (SSSR count). The van der Waals surface area contributed by atoms with Gasteiger partial charge in [0.25, 0.3) is 0 Å². The Hall–Kier alpha value is -1.32. The highest BCUT2D eigenvalue weighted by molar-refractivity contribution is 6.61. The van der Waals surface area contributed by atoms with Crippen molar-refractivity contribution in [1.29, 1.82) is 0 Å². The summed E-state index contributed by atoms with van der Waals surface area (Å²) in [4.78, 5) is 12.9. The van der Waals surface area contributed by atoms with E-state index < -0.39 is 11.7 Å². The average molecular weight is 238 g/mol. The molecular weight excluding hydrogens is 226 g/mol. The minimum atomic E-state index is -0.777. The van der Waals surface area contributed by atoms with Gasteiger partial charge in [-0.15, -0.1) is 0 Å². The fraction of sp³-hybridized carbons (Fsp3) is 0.250. The van der Waals surface area contributed by atoms with E-state index in [-0.39, 0.29) is 0 Å². The van der Waals surface area contributed by atoms with Crippen molar-refractivity contribution in [3.63, 3.8) is 0 Å². The number of ether oxygens (including phenoxy) is 1. The van der Waals surface area contributed by atoms with Crippen LogP contribution >= 0.6 is 11.6 Å². The fourth-order valence-corrected chi connectivity index (χ4v) is 1.83. The molecule has 3 nitrogen and oxygen atoms in total. The highest BCUT2D eigenvalue weighted by atomic mass is 35.5. The van der Waals surface area contributed by atoms with Crippen LogP contribution in [0.25, 0.3) is 0 Å².